The number of nitrogens with two attached hydrogens (primary N) is 2. The summed E-state index contributed by atoms with van der Waals surface area (Å²) in [5.41, 5.74) is 8.50. The Morgan fingerprint density at radius 1 is 0.720 bits per heavy atom. The van der Waals surface area contributed by atoms with E-state index in [4.69, 9.17) is 11.7 Å². The summed E-state index contributed by atoms with van der Waals surface area (Å²) in [6.07, 6.45) is 0. The zero-order chi connectivity index (χ0) is 18.8. The molecule has 25 heavy (non-hydrogen) atoms. The van der Waals surface area contributed by atoms with Crippen LogP contribution in [-0.4, -0.2) is 9.97 Å². The van der Waals surface area contributed by atoms with Crippen LogP contribution >= 0.6 is 0 Å². The van der Waals surface area contributed by atoms with Gasteiger partial charge in [0.25, 0.3) is 0 Å². The Bertz CT molecular complexity index is 688. The van der Waals surface area contributed by atoms with Crippen LogP contribution < -0.4 is 27.9 Å². The van der Waals surface area contributed by atoms with Gasteiger partial charge in [-0.1, -0.05) is 47.6 Å². The van der Waals surface area contributed by atoms with Crippen molar-refractivity contribution >= 4 is 23.3 Å². The van der Waals surface area contributed by atoms with E-state index in [0.717, 1.165) is 5.69 Å². The molecule has 0 saturated carbocycles. The summed E-state index contributed by atoms with van der Waals surface area (Å²) in [5.74, 6) is 12.3. The standard InChI is InChI=1S/C18H29N7/c1-17(2,3)11-7-12(18(4,5)6)9-13(8-11)21-16-22-14(24-19)10-15(23-16)25-20/h7-10H,19-20H2,1-6H3,(H3,21,22,23,24,25). The van der Waals surface area contributed by atoms with Gasteiger partial charge >= 0.3 is 0 Å². The van der Waals surface area contributed by atoms with Crippen LogP contribution in [0.4, 0.5) is 23.3 Å². The molecule has 0 bridgehead atoms. The minimum Gasteiger partial charge on any atom is -0.324 e. The van der Waals surface area contributed by atoms with Crippen molar-refractivity contribution in [3.8, 4) is 0 Å². The number of anilines is 4. The number of benzene rings is 1. The van der Waals surface area contributed by atoms with Crippen molar-refractivity contribution in [3.05, 3.63) is 35.4 Å². The average molecular weight is 343 g/mol. The van der Waals surface area contributed by atoms with Gasteiger partial charge in [0.1, 0.15) is 11.6 Å². The van der Waals surface area contributed by atoms with E-state index in [2.05, 4.69) is 85.9 Å². The maximum Gasteiger partial charge on any atom is 0.231 e. The van der Waals surface area contributed by atoms with Gasteiger partial charge in [-0.2, -0.15) is 9.97 Å². The third kappa shape index (κ3) is 4.80. The van der Waals surface area contributed by atoms with E-state index >= 15 is 0 Å². The number of rotatable bonds is 4. The second kappa shape index (κ2) is 6.85. The number of hydrogen-bond donors (Lipinski definition) is 5. The van der Waals surface area contributed by atoms with Gasteiger partial charge in [0.05, 0.1) is 0 Å². The van der Waals surface area contributed by atoms with Gasteiger partial charge in [-0.25, -0.2) is 11.7 Å². The molecule has 0 amide bonds. The molecule has 0 radical (unpaired) electrons. The quantitative estimate of drug-likeness (QED) is 0.427. The van der Waals surface area contributed by atoms with E-state index in [1.807, 2.05) is 0 Å². The largest absolute Gasteiger partial charge is 0.324 e. The van der Waals surface area contributed by atoms with Gasteiger partial charge in [0.2, 0.25) is 5.95 Å². The first-order valence-electron chi connectivity index (χ1n) is 8.28. The normalized spacial score (nSPS) is 12.0. The summed E-state index contributed by atoms with van der Waals surface area (Å²) < 4.78 is 0. The first-order valence-corrected chi connectivity index (χ1v) is 8.28. The number of nitrogens with zero attached hydrogens (tertiary/aromatic N) is 2. The van der Waals surface area contributed by atoms with E-state index in [0.29, 0.717) is 17.6 Å². The summed E-state index contributed by atoms with van der Waals surface area (Å²) in [7, 11) is 0. The lowest BCUT2D eigenvalue weighted by atomic mass is 9.80. The van der Waals surface area contributed by atoms with Gasteiger partial charge in [-0.3, -0.25) is 0 Å². The van der Waals surface area contributed by atoms with E-state index in [1.165, 1.54) is 11.1 Å². The van der Waals surface area contributed by atoms with E-state index in [1.54, 1.807) is 6.07 Å². The van der Waals surface area contributed by atoms with Crippen LogP contribution in [0.5, 0.6) is 0 Å². The molecule has 136 valence electrons. The topological polar surface area (TPSA) is 114 Å². The van der Waals surface area contributed by atoms with Crippen molar-refractivity contribution in [1.82, 2.24) is 9.97 Å². The third-order valence-corrected chi connectivity index (χ3v) is 3.94. The lowest BCUT2D eigenvalue weighted by molar-refractivity contribution is 0.569. The van der Waals surface area contributed by atoms with Crippen LogP contribution in [0.1, 0.15) is 52.7 Å². The molecule has 1 heterocycles. The molecule has 7 heteroatoms. The van der Waals surface area contributed by atoms with E-state index < -0.39 is 0 Å². The average Bonchev–Trinajstić information content (AvgIpc) is 2.52. The Hall–Kier alpha value is -2.38. The monoisotopic (exact) mass is 343 g/mol. The van der Waals surface area contributed by atoms with Crippen molar-refractivity contribution in [2.75, 3.05) is 16.2 Å². The minimum absolute atomic E-state index is 0.0309. The van der Waals surface area contributed by atoms with Crippen molar-refractivity contribution in [2.24, 2.45) is 11.7 Å². The Morgan fingerprint density at radius 3 is 1.52 bits per heavy atom. The second-order valence-electron chi connectivity index (χ2n) is 8.17. The fourth-order valence-electron chi connectivity index (χ4n) is 2.35. The van der Waals surface area contributed by atoms with Gasteiger partial charge in [0.15, 0.2) is 0 Å². The molecule has 0 fully saturated rings. The molecule has 0 spiro atoms. The third-order valence-electron chi connectivity index (χ3n) is 3.94. The molecule has 1 aromatic heterocycles. The SMILES string of the molecule is CC(C)(C)c1cc(Nc2nc(NN)cc(NN)n2)cc(C(C)(C)C)c1. The molecule has 0 atom stereocenters. The molecule has 2 aromatic rings. The van der Waals surface area contributed by atoms with Crippen LogP contribution in [0, 0.1) is 0 Å². The van der Waals surface area contributed by atoms with Gasteiger partial charge in [0, 0.05) is 11.8 Å². The van der Waals surface area contributed by atoms with Gasteiger partial charge in [-0.15, -0.1) is 0 Å². The van der Waals surface area contributed by atoms with E-state index in [9.17, 15) is 0 Å². The summed E-state index contributed by atoms with van der Waals surface area (Å²) >= 11 is 0. The Kier molecular flexibility index (Phi) is 5.20. The molecule has 0 aliphatic heterocycles. The molecule has 0 saturated heterocycles. The molecule has 0 aliphatic carbocycles. The van der Waals surface area contributed by atoms with Gasteiger partial charge < -0.3 is 16.2 Å². The highest BCUT2D eigenvalue weighted by Gasteiger charge is 2.20. The molecule has 2 rings (SSSR count). The number of hydrogen-bond acceptors (Lipinski definition) is 7. The molecule has 7 nitrogen and oxygen atoms in total. The summed E-state index contributed by atoms with van der Waals surface area (Å²) in [6.45, 7) is 13.2. The highest BCUT2D eigenvalue weighted by molar-refractivity contribution is 5.61. The predicted octanol–water partition coefficient (Wildman–Crippen LogP) is 3.39. The highest BCUT2D eigenvalue weighted by atomic mass is 15.3. The summed E-state index contributed by atoms with van der Waals surface area (Å²) in [4.78, 5) is 8.65. The lowest BCUT2D eigenvalue weighted by Gasteiger charge is -2.26. The molecular formula is C18H29N7. The molecule has 7 N–H and O–H groups in total. The van der Waals surface area contributed by atoms with Crippen molar-refractivity contribution in [3.63, 3.8) is 0 Å². The van der Waals surface area contributed by atoms with Crippen molar-refractivity contribution in [2.45, 2.75) is 52.4 Å². The number of aromatic nitrogens is 2. The zero-order valence-corrected chi connectivity index (χ0v) is 15.9. The number of nitrogen functional groups attached to an aromatic ring is 2. The Labute approximate surface area is 149 Å². The fraction of sp³-hybridized carbons (Fsp3) is 0.444. The van der Waals surface area contributed by atoms with E-state index in [-0.39, 0.29) is 10.8 Å². The Balaban J connectivity index is 2.49. The zero-order valence-electron chi connectivity index (χ0n) is 15.9. The number of hydrazine groups is 2. The molecular weight excluding hydrogens is 314 g/mol. The molecule has 1 aromatic carbocycles. The maximum absolute atomic E-state index is 5.46. The summed E-state index contributed by atoms with van der Waals surface area (Å²) in [6, 6.07) is 8.13. The van der Waals surface area contributed by atoms with Crippen LogP contribution in [0.2, 0.25) is 0 Å². The van der Waals surface area contributed by atoms with Crippen LogP contribution in [-0.2, 0) is 10.8 Å². The number of nitrogens with one attached hydrogen (secondary N) is 3. The van der Waals surface area contributed by atoms with Crippen LogP contribution in [0.3, 0.4) is 0 Å². The first-order chi connectivity index (χ1) is 11.5. The maximum atomic E-state index is 5.46. The predicted molar refractivity (Wildman–Crippen MR) is 105 cm³/mol. The minimum atomic E-state index is 0.0309. The smallest absolute Gasteiger partial charge is 0.231 e. The summed E-state index contributed by atoms with van der Waals surface area (Å²) in [5, 5.41) is 3.26. The molecule has 0 aliphatic rings. The molecule has 0 unspecified atom stereocenters. The van der Waals surface area contributed by atoms with Gasteiger partial charge in [-0.05, 0) is 34.1 Å². The van der Waals surface area contributed by atoms with Crippen LogP contribution in [0.25, 0.3) is 0 Å². The first kappa shape index (κ1) is 19.0. The van der Waals surface area contributed by atoms with Crippen LogP contribution in [0.15, 0.2) is 24.3 Å². The Morgan fingerprint density at radius 2 is 1.16 bits per heavy atom. The van der Waals surface area contributed by atoms with Crippen molar-refractivity contribution in [1.29, 1.82) is 0 Å². The highest BCUT2D eigenvalue weighted by Crippen LogP contribution is 2.32. The lowest BCUT2D eigenvalue weighted by Crippen LogP contribution is -2.17. The fourth-order valence-corrected chi connectivity index (χ4v) is 2.35. The second-order valence-corrected chi connectivity index (χ2v) is 8.17. The van der Waals surface area contributed by atoms with Crippen molar-refractivity contribution < 1.29 is 0 Å².